The van der Waals surface area contributed by atoms with E-state index in [2.05, 4.69) is 32.5 Å². The van der Waals surface area contributed by atoms with Crippen molar-refractivity contribution in [3.63, 3.8) is 0 Å². The zero-order chi connectivity index (χ0) is 20.2. The van der Waals surface area contributed by atoms with Gasteiger partial charge >= 0.3 is 0 Å². The highest BCUT2D eigenvalue weighted by Crippen LogP contribution is 2.30. The Bertz CT molecular complexity index is 1170. The molecule has 3 aromatic rings. The van der Waals surface area contributed by atoms with E-state index in [1.54, 1.807) is 12.4 Å². The maximum Gasteiger partial charge on any atom is 0.225 e. The summed E-state index contributed by atoms with van der Waals surface area (Å²) >= 11 is 0. The lowest BCUT2D eigenvalue weighted by Gasteiger charge is -2.22. The highest BCUT2D eigenvalue weighted by atomic mass is 32.2. The van der Waals surface area contributed by atoms with E-state index in [1.165, 1.54) is 6.26 Å². The van der Waals surface area contributed by atoms with Gasteiger partial charge in [0.25, 0.3) is 0 Å². The number of imidazole rings is 1. The third-order valence-corrected chi connectivity index (χ3v) is 7.39. The van der Waals surface area contributed by atoms with Crippen LogP contribution < -0.4 is 4.90 Å². The van der Waals surface area contributed by atoms with Crippen molar-refractivity contribution in [2.24, 2.45) is 0 Å². The van der Waals surface area contributed by atoms with Crippen molar-refractivity contribution < 1.29 is 13.2 Å². The monoisotopic (exact) mass is 413 g/mol. The fourth-order valence-electron chi connectivity index (χ4n) is 4.20. The summed E-state index contributed by atoms with van der Waals surface area (Å²) in [6.45, 7) is 4.46. The summed E-state index contributed by atoms with van der Waals surface area (Å²) in [6.07, 6.45) is 5.52. The van der Waals surface area contributed by atoms with E-state index in [4.69, 9.17) is 4.74 Å². The van der Waals surface area contributed by atoms with E-state index in [0.717, 1.165) is 28.0 Å². The molecular weight excluding hydrogens is 390 g/mol. The number of sulfone groups is 1. The Hall–Kier alpha value is -2.52. The molecule has 0 amide bonds. The Kier molecular flexibility index (Phi) is 4.32. The molecule has 0 saturated carbocycles. The van der Waals surface area contributed by atoms with Crippen LogP contribution in [0.1, 0.15) is 25.2 Å². The average molecular weight is 414 g/mol. The van der Waals surface area contributed by atoms with Crippen LogP contribution in [-0.4, -0.2) is 59.1 Å². The normalized spacial score (nSPS) is 22.2. The van der Waals surface area contributed by atoms with E-state index in [0.29, 0.717) is 38.7 Å². The fraction of sp³-hybridized carbons (Fsp3) is 0.450. The molecule has 29 heavy (non-hydrogen) atoms. The minimum absolute atomic E-state index is 0.246. The van der Waals surface area contributed by atoms with Gasteiger partial charge in [-0.2, -0.15) is 0 Å². The first-order chi connectivity index (χ1) is 13.9. The second kappa shape index (κ2) is 6.77. The second-order valence-electron chi connectivity index (χ2n) is 7.92. The Balaban J connectivity index is 1.43. The highest BCUT2D eigenvalue weighted by Gasteiger charge is 2.31. The zero-order valence-electron chi connectivity index (χ0n) is 16.4. The molecule has 8 nitrogen and oxygen atoms in total. The molecule has 0 aliphatic carbocycles. The number of benzene rings is 1. The van der Waals surface area contributed by atoms with E-state index in [9.17, 15) is 8.42 Å². The quantitative estimate of drug-likeness (QED) is 0.650. The van der Waals surface area contributed by atoms with Crippen molar-refractivity contribution >= 4 is 26.8 Å². The summed E-state index contributed by atoms with van der Waals surface area (Å²) in [6, 6.07) is 6.42. The number of hydrogen-bond donors (Lipinski definition) is 0. The number of anilines is 1. The lowest BCUT2D eigenvalue weighted by molar-refractivity contribution is 0.0621. The van der Waals surface area contributed by atoms with E-state index >= 15 is 0 Å². The van der Waals surface area contributed by atoms with Crippen LogP contribution in [0.25, 0.3) is 22.2 Å². The summed E-state index contributed by atoms with van der Waals surface area (Å²) in [5, 5.41) is -0.341. The molecule has 2 atom stereocenters. The van der Waals surface area contributed by atoms with Crippen LogP contribution in [0.4, 0.5) is 5.95 Å². The Morgan fingerprint density at radius 1 is 1.17 bits per heavy atom. The Morgan fingerprint density at radius 2 is 1.97 bits per heavy atom. The standard InChI is InChI=1S/C20H23N5O3S/c1-13-11-28-12-19-23-17-4-3-14(7-18(17)25(13)19)15-8-21-20(22-9-15)24-6-5-16(10-24)29(2,26)27/h3-4,7-9,13,16H,5-6,10-12H2,1-2H3/t13-,16?/m0/s1. The lowest BCUT2D eigenvalue weighted by atomic mass is 10.1. The molecule has 0 N–H and O–H groups in total. The van der Waals surface area contributed by atoms with Crippen LogP contribution in [0.3, 0.4) is 0 Å². The molecule has 1 saturated heterocycles. The lowest BCUT2D eigenvalue weighted by Crippen LogP contribution is -2.27. The molecule has 2 aliphatic heterocycles. The van der Waals surface area contributed by atoms with Gasteiger partial charge in [0.1, 0.15) is 12.4 Å². The van der Waals surface area contributed by atoms with E-state index in [1.807, 2.05) is 17.0 Å². The van der Waals surface area contributed by atoms with Gasteiger partial charge in [-0.1, -0.05) is 6.07 Å². The first-order valence-corrected chi connectivity index (χ1v) is 11.7. The first kappa shape index (κ1) is 18.5. The second-order valence-corrected chi connectivity index (χ2v) is 10.2. The molecule has 5 rings (SSSR count). The van der Waals surface area contributed by atoms with Crippen LogP contribution in [-0.2, 0) is 21.2 Å². The molecule has 0 bridgehead atoms. The predicted molar refractivity (Wildman–Crippen MR) is 111 cm³/mol. The zero-order valence-corrected chi connectivity index (χ0v) is 17.3. The van der Waals surface area contributed by atoms with E-state index in [-0.39, 0.29) is 11.3 Å². The number of ether oxygens (including phenoxy) is 1. The summed E-state index contributed by atoms with van der Waals surface area (Å²) in [5.74, 6) is 1.53. The summed E-state index contributed by atoms with van der Waals surface area (Å²) in [5.41, 5.74) is 4.00. The van der Waals surface area contributed by atoms with Gasteiger partial charge in [-0.05, 0) is 31.0 Å². The largest absolute Gasteiger partial charge is 0.371 e. The van der Waals surface area contributed by atoms with Crippen molar-refractivity contribution in [2.45, 2.75) is 31.2 Å². The number of fused-ring (bicyclic) bond motifs is 3. The first-order valence-electron chi connectivity index (χ1n) is 9.75. The van der Waals surface area contributed by atoms with Gasteiger partial charge in [0.2, 0.25) is 5.95 Å². The Labute approximate surface area is 169 Å². The number of aromatic nitrogens is 4. The van der Waals surface area contributed by atoms with Gasteiger partial charge in [0.05, 0.1) is 28.9 Å². The summed E-state index contributed by atoms with van der Waals surface area (Å²) in [4.78, 5) is 15.6. The van der Waals surface area contributed by atoms with Gasteiger partial charge in [-0.25, -0.2) is 23.4 Å². The summed E-state index contributed by atoms with van der Waals surface area (Å²) < 4.78 is 31.4. The maximum absolute atomic E-state index is 11.8. The molecular formula is C20H23N5O3S. The van der Waals surface area contributed by atoms with Gasteiger partial charge in [-0.3, -0.25) is 0 Å². The molecule has 1 aromatic carbocycles. The maximum atomic E-state index is 11.8. The third-order valence-electron chi connectivity index (χ3n) is 5.80. The van der Waals surface area contributed by atoms with Gasteiger partial charge in [0.15, 0.2) is 9.84 Å². The Morgan fingerprint density at radius 3 is 2.69 bits per heavy atom. The third kappa shape index (κ3) is 3.28. The average Bonchev–Trinajstić information content (AvgIpc) is 3.33. The van der Waals surface area contributed by atoms with Gasteiger partial charge < -0.3 is 14.2 Å². The van der Waals surface area contributed by atoms with Crippen LogP contribution in [0.15, 0.2) is 30.6 Å². The molecule has 4 heterocycles. The molecule has 152 valence electrons. The van der Waals surface area contributed by atoms with Crippen molar-refractivity contribution in [1.82, 2.24) is 19.5 Å². The SMILES string of the molecule is C[C@H]1COCc2nc3ccc(-c4cnc(N5CCC(S(C)(=O)=O)C5)nc4)cc3n21. The number of nitrogens with zero attached hydrogens (tertiary/aromatic N) is 5. The van der Waals surface area contributed by atoms with E-state index < -0.39 is 9.84 Å². The van der Waals surface area contributed by atoms with Crippen molar-refractivity contribution in [3.8, 4) is 11.1 Å². The molecule has 9 heteroatoms. The van der Waals surface area contributed by atoms with Gasteiger partial charge in [-0.15, -0.1) is 0 Å². The number of hydrogen-bond acceptors (Lipinski definition) is 7. The molecule has 1 unspecified atom stereocenters. The van der Waals surface area contributed by atoms with Crippen molar-refractivity contribution in [3.05, 3.63) is 36.4 Å². The minimum atomic E-state index is -3.04. The molecule has 2 aliphatic rings. The van der Waals surface area contributed by atoms with Gasteiger partial charge in [0, 0.05) is 37.3 Å². The van der Waals surface area contributed by atoms with Crippen molar-refractivity contribution in [2.75, 3.05) is 30.9 Å². The molecule has 2 aromatic heterocycles. The highest BCUT2D eigenvalue weighted by molar-refractivity contribution is 7.91. The van der Waals surface area contributed by atoms with Crippen LogP contribution in [0, 0.1) is 0 Å². The molecule has 0 spiro atoms. The predicted octanol–water partition coefficient (Wildman–Crippen LogP) is 2.21. The van der Waals surface area contributed by atoms with Crippen LogP contribution in [0.2, 0.25) is 0 Å². The number of rotatable bonds is 3. The molecule has 1 fully saturated rings. The minimum Gasteiger partial charge on any atom is -0.371 e. The van der Waals surface area contributed by atoms with Crippen LogP contribution in [0.5, 0.6) is 0 Å². The fourth-order valence-corrected chi connectivity index (χ4v) is 5.19. The van der Waals surface area contributed by atoms with Crippen LogP contribution >= 0.6 is 0 Å². The topological polar surface area (TPSA) is 90.2 Å². The van der Waals surface area contributed by atoms with Crippen molar-refractivity contribution in [1.29, 1.82) is 0 Å². The smallest absolute Gasteiger partial charge is 0.225 e. The molecule has 0 radical (unpaired) electrons. The summed E-state index contributed by atoms with van der Waals surface area (Å²) in [7, 11) is -3.04.